The zero-order valence-electron chi connectivity index (χ0n) is 10.5. The normalized spacial score (nSPS) is 12.3. The van der Waals surface area contributed by atoms with Crippen molar-refractivity contribution in [3.8, 4) is 0 Å². The van der Waals surface area contributed by atoms with Crippen LogP contribution >= 0.6 is 0 Å². The lowest BCUT2D eigenvalue weighted by atomic mass is 10.2. The molecule has 108 valence electrons. The molecule has 0 saturated heterocycles. The minimum atomic E-state index is -4.40. The van der Waals surface area contributed by atoms with E-state index in [-0.39, 0.29) is 25.8 Å². The molecule has 1 unspecified atom stereocenters. The molecular formula is C9H19NO7S. The highest BCUT2D eigenvalue weighted by atomic mass is 32.3. The van der Waals surface area contributed by atoms with Gasteiger partial charge in [0, 0.05) is 6.42 Å². The third kappa shape index (κ3) is 8.14. The lowest BCUT2D eigenvalue weighted by molar-refractivity contribution is -0.207. The summed E-state index contributed by atoms with van der Waals surface area (Å²) in [5.41, 5.74) is 0. The second kappa shape index (κ2) is 9.97. The Kier molecular flexibility index (Phi) is 10.7. The summed E-state index contributed by atoms with van der Waals surface area (Å²) in [5, 5.41) is 0. The van der Waals surface area contributed by atoms with E-state index >= 15 is 0 Å². The van der Waals surface area contributed by atoms with E-state index in [2.05, 4.69) is 24.7 Å². The third-order valence-electron chi connectivity index (χ3n) is 1.41. The van der Waals surface area contributed by atoms with Gasteiger partial charge in [-0.05, 0) is 13.8 Å². The first-order valence-electron chi connectivity index (χ1n) is 4.98. The van der Waals surface area contributed by atoms with Crippen LogP contribution < -0.4 is 6.15 Å². The Morgan fingerprint density at radius 2 is 1.94 bits per heavy atom. The Morgan fingerprint density at radius 3 is 2.39 bits per heavy atom. The van der Waals surface area contributed by atoms with Gasteiger partial charge in [-0.1, -0.05) is 10.4 Å². The lowest BCUT2D eigenvalue weighted by Crippen LogP contribution is -2.29. The number of carbonyl (C=O) groups excluding carboxylic acids is 1. The van der Waals surface area contributed by atoms with Crippen molar-refractivity contribution < 1.29 is 31.4 Å². The van der Waals surface area contributed by atoms with Gasteiger partial charge in [-0.15, -0.1) is 6.58 Å². The summed E-state index contributed by atoms with van der Waals surface area (Å²) in [5.74, 6) is -0.809. The van der Waals surface area contributed by atoms with Crippen molar-refractivity contribution in [3.05, 3.63) is 12.7 Å². The van der Waals surface area contributed by atoms with Crippen molar-refractivity contribution in [2.75, 3.05) is 13.2 Å². The van der Waals surface area contributed by atoms with E-state index in [1.165, 1.54) is 13.0 Å². The second-order valence-electron chi connectivity index (χ2n) is 2.74. The fourth-order valence-electron chi connectivity index (χ4n) is 0.827. The summed E-state index contributed by atoms with van der Waals surface area (Å²) in [6.07, 6.45) is -0.0105. The molecule has 9 heteroatoms. The van der Waals surface area contributed by atoms with Gasteiger partial charge in [0.05, 0.1) is 13.2 Å². The summed E-state index contributed by atoms with van der Waals surface area (Å²) in [4.78, 5) is 15.6. The van der Waals surface area contributed by atoms with Crippen LogP contribution in [0.4, 0.5) is 0 Å². The van der Waals surface area contributed by atoms with Crippen molar-refractivity contribution in [2.45, 2.75) is 26.4 Å². The molecule has 0 aromatic heterocycles. The second-order valence-corrected chi connectivity index (χ2v) is 3.89. The molecule has 3 N–H and O–H groups in total. The van der Waals surface area contributed by atoms with Gasteiger partial charge < -0.3 is 10.9 Å². The number of hydrogen-bond donors (Lipinski definition) is 1. The van der Waals surface area contributed by atoms with Crippen LogP contribution in [-0.4, -0.2) is 33.7 Å². The van der Waals surface area contributed by atoms with Crippen LogP contribution in [0.3, 0.4) is 0 Å². The SMILES string of the molecule is C=CCC(OS(=O)(=O)OOCC)C(=O)OCC.N. The number of carbonyl (C=O) groups is 1. The van der Waals surface area contributed by atoms with E-state index in [1.807, 2.05) is 0 Å². The van der Waals surface area contributed by atoms with Gasteiger partial charge in [0.2, 0.25) is 0 Å². The van der Waals surface area contributed by atoms with Crippen molar-refractivity contribution in [3.63, 3.8) is 0 Å². The van der Waals surface area contributed by atoms with Crippen molar-refractivity contribution in [1.82, 2.24) is 6.15 Å². The predicted molar refractivity (Wildman–Crippen MR) is 63.0 cm³/mol. The van der Waals surface area contributed by atoms with Crippen LogP contribution in [0.5, 0.6) is 0 Å². The molecular weight excluding hydrogens is 266 g/mol. The average molecular weight is 285 g/mol. The summed E-state index contributed by atoms with van der Waals surface area (Å²) in [7, 11) is -4.40. The molecule has 0 radical (unpaired) electrons. The summed E-state index contributed by atoms with van der Waals surface area (Å²) >= 11 is 0. The Labute approximate surface area is 107 Å². The minimum absolute atomic E-state index is 0. The Morgan fingerprint density at radius 1 is 1.33 bits per heavy atom. The molecule has 0 rings (SSSR count). The van der Waals surface area contributed by atoms with Crippen LogP contribution in [0.15, 0.2) is 12.7 Å². The van der Waals surface area contributed by atoms with E-state index in [0.29, 0.717) is 0 Å². The molecule has 0 fully saturated rings. The van der Waals surface area contributed by atoms with Gasteiger partial charge in [0.25, 0.3) is 0 Å². The molecule has 0 aromatic carbocycles. The van der Waals surface area contributed by atoms with Crippen LogP contribution in [0.25, 0.3) is 0 Å². The fraction of sp³-hybridized carbons (Fsp3) is 0.667. The number of esters is 1. The van der Waals surface area contributed by atoms with Crippen molar-refractivity contribution in [2.24, 2.45) is 0 Å². The highest BCUT2D eigenvalue weighted by Gasteiger charge is 2.27. The zero-order valence-corrected chi connectivity index (χ0v) is 11.3. The molecule has 0 amide bonds. The molecule has 0 aliphatic rings. The quantitative estimate of drug-likeness (QED) is 0.286. The first-order valence-corrected chi connectivity index (χ1v) is 6.32. The van der Waals surface area contributed by atoms with Crippen LogP contribution in [0.1, 0.15) is 20.3 Å². The molecule has 18 heavy (non-hydrogen) atoms. The van der Waals surface area contributed by atoms with Crippen molar-refractivity contribution in [1.29, 1.82) is 0 Å². The minimum Gasteiger partial charge on any atom is -0.464 e. The summed E-state index contributed by atoms with van der Waals surface area (Å²) in [6, 6.07) is 0. The van der Waals surface area contributed by atoms with Crippen LogP contribution in [-0.2, 0) is 33.3 Å². The first kappa shape index (κ1) is 19.3. The molecule has 0 bridgehead atoms. The van der Waals surface area contributed by atoms with Gasteiger partial charge in [-0.2, -0.15) is 8.42 Å². The Bertz CT molecular complexity index is 341. The van der Waals surface area contributed by atoms with E-state index in [1.54, 1.807) is 6.92 Å². The smallest absolute Gasteiger partial charge is 0.427 e. The van der Waals surface area contributed by atoms with E-state index in [0.717, 1.165) is 0 Å². The molecule has 1 atom stereocenters. The van der Waals surface area contributed by atoms with Gasteiger partial charge in [-0.3, -0.25) is 0 Å². The monoisotopic (exact) mass is 285 g/mol. The van der Waals surface area contributed by atoms with E-state index in [4.69, 9.17) is 0 Å². The maximum absolute atomic E-state index is 11.3. The zero-order chi connectivity index (χ0) is 13.3. The maximum atomic E-state index is 11.3. The summed E-state index contributed by atoms with van der Waals surface area (Å²) < 4.78 is 35.4. The predicted octanol–water partition coefficient (Wildman–Crippen LogP) is 0.886. The molecule has 0 aromatic rings. The number of hydrogen-bond acceptors (Lipinski definition) is 8. The fourth-order valence-corrected chi connectivity index (χ4v) is 1.51. The topological polar surface area (TPSA) is 123 Å². The van der Waals surface area contributed by atoms with Gasteiger partial charge in [-0.25, -0.2) is 13.9 Å². The number of ether oxygens (including phenoxy) is 1. The Hall–Kier alpha value is -1.00. The highest BCUT2D eigenvalue weighted by molar-refractivity contribution is 7.81. The standard InChI is InChI=1S/C9H16O7S.H3N/c1-4-7-8(9(10)13-5-2)15-17(11,12)16-14-6-3;/h4,8H,1,5-7H2,2-3H3;1H3. The molecule has 0 spiro atoms. The van der Waals surface area contributed by atoms with Crippen LogP contribution in [0, 0.1) is 0 Å². The van der Waals surface area contributed by atoms with Crippen molar-refractivity contribution >= 4 is 16.4 Å². The Balaban J connectivity index is 0. The number of rotatable bonds is 9. The van der Waals surface area contributed by atoms with E-state index in [9.17, 15) is 13.2 Å². The van der Waals surface area contributed by atoms with Gasteiger partial charge in [0.15, 0.2) is 6.10 Å². The molecule has 0 heterocycles. The first-order chi connectivity index (χ1) is 7.96. The molecule has 8 nitrogen and oxygen atoms in total. The van der Waals surface area contributed by atoms with E-state index < -0.39 is 22.5 Å². The lowest BCUT2D eigenvalue weighted by Gasteiger charge is -2.13. The van der Waals surface area contributed by atoms with Gasteiger partial charge >= 0.3 is 16.4 Å². The molecule has 0 saturated carbocycles. The average Bonchev–Trinajstić information content (AvgIpc) is 2.26. The third-order valence-corrected chi connectivity index (χ3v) is 2.14. The maximum Gasteiger partial charge on any atom is 0.427 e. The molecule has 0 aliphatic carbocycles. The van der Waals surface area contributed by atoms with Gasteiger partial charge in [0.1, 0.15) is 0 Å². The van der Waals surface area contributed by atoms with Crippen LogP contribution in [0.2, 0.25) is 0 Å². The summed E-state index contributed by atoms with van der Waals surface area (Å²) in [6.45, 7) is 6.64. The molecule has 0 aliphatic heterocycles. The largest absolute Gasteiger partial charge is 0.464 e. The highest BCUT2D eigenvalue weighted by Crippen LogP contribution is 2.09.